The molecule has 8 heteroatoms. The Labute approximate surface area is 166 Å². The van der Waals surface area contributed by atoms with Gasteiger partial charge >= 0.3 is 6.61 Å². The van der Waals surface area contributed by atoms with Crippen molar-refractivity contribution in [1.82, 2.24) is 9.99 Å². The molecule has 0 fully saturated rings. The normalized spacial score (nSPS) is 11.0. The van der Waals surface area contributed by atoms with Gasteiger partial charge < -0.3 is 14.0 Å². The monoisotopic (exact) mass is 399 g/mol. The van der Waals surface area contributed by atoms with E-state index in [0.717, 1.165) is 0 Å². The number of aromatic nitrogens is 1. The van der Waals surface area contributed by atoms with Crippen molar-refractivity contribution in [3.63, 3.8) is 0 Å². The summed E-state index contributed by atoms with van der Waals surface area (Å²) in [6, 6.07) is 15.4. The number of carbonyl (C=O) groups is 1. The summed E-state index contributed by atoms with van der Waals surface area (Å²) in [5, 5.41) is 3.90. The maximum absolute atomic E-state index is 12.8. The average Bonchev–Trinajstić information content (AvgIpc) is 3.24. The lowest BCUT2D eigenvalue weighted by Gasteiger charge is -2.13. The first-order chi connectivity index (χ1) is 14.1. The van der Waals surface area contributed by atoms with Crippen molar-refractivity contribution in [3.8, 4) is 17.2 Å². The van der Waals surface area contributed by atoms with Crippen LogP contribution in [-0.4, -0.2) is 29.9 Å². The maximum atomic E-state index is 12.8. The topological polar surface area (TPSA) is 64.8 Å². The summed E-state index contributed by atoms with van der Waals surface area (Å²) in [6.45, 7) is -1.01. The Morgan fingerprint density at radius 2 is 1.90 bits per heavy atom. The summed E-state index contributed by atoms with van der Waals surface area (Å²) < 4.78 is 37.3. The zero-order valence-corrected chi connectivity index (χ0v) is 15.6. The SMILES string of the molecule is CCOc1cccc(/C=N\NC(=O)c2ccccc2-n2cccc2)c1OC(F)F. The fraction of sp³-hybridized carbons (Fsp3) is 0.143. The highest BCUT2D eigenvalue weighted by molar-refractivity contribution is 5.98. The van der Waals surface area contributed by atoms with Gasteiger partial charge in [0.2, 0.25) is 0 Å². The fourth-order valence-electron chi connectivity index (χ4n) is 2.73. The van der Waals surface area contributed by atoms with Crippen LogP contribution in [0.15, 0.2) is 72.1 Å². The number of hydrogen-bond acceptors (Lipinski definition) is 4. The summed E-state index contributed by atoms with van der Waals surface area (Å²) >= 11 is 0. The Balaban J connectivity index is 1.80. The minimum Gasteiger partial charge on any atom is -0.490 e. The number of amides is 1. The molecule has 0 radical (unpaired) electrons. The van der Waals surface area contributed by atoms with Crippen molar-refractivity contribution in [1.29, 1.82) is 0 Å². The van der Waals surface area contributed by atoms with Gasteiger partial charge in [0.05, 0.1) is 24.1 Å². The molecule has 2 aromatic carbocycles. The molecule has 0 spiro atoms. The van der Waals surface area contributed by atoms with E-state index in [-0.39, 0.29) is 23.7 Å². The molecule has 1 heterocycles. The van der Waals surface area contributed by atoms with E-state index >= 15 is 0 Å². The zero-order valence-electron chi connectivity index (χ0n) is 15.6. The van der Waals surface area contributed by atoms with Gasteiger partial charge in [-0.3, -0.25) is 4.79 Å². The molecule has 0 unspecified atom stereocenters. The van der Waals surface area contributed by atoms with E-state index in [0.29, 0.717) is 11.3 Å². The number of benzene rings is 2. The molecule has 1 aromatic heterocycles. The first kappa shape index (κ1) is 20.1. The molecular formula is C21H19F2N3O3. The summed E-state index contributed by atoms with van der Waals surface area (Å²) in [5.74, 6) is -0.418. The van der Waals surface area contributed by atoms with Crippen LogP contribution in [0.3, 0.4) is 0 Å². The Morgan fingerprint density at radius 3 is 2.62 bits per heavy atom. The first-order valence-electron chi connectivity index (χ1n) is 8.86. The van der Waals surface area contributed by atoms with Gasteiger partial charge in [-0.15, -0.1) is 0 Å². The lowest BCUT2D eigenvalue weighted by atomic mass is 10.1. The van der Waals surface area contributed by atoms with Crippen LogP contribution in [0.2, 0.25) is 0 Å². The molecule has 3 aromatic rings. The van der Waals surface area contributed by atoms with Crippen molar-refractivity contribution < 1.29 is 23.0 Å². The first-order valence-corrected chi connectivity index (χ1v) is 8.86. The van der Waals surface area contributed by atoms with E-state index < -0.39 is 12.5 Å². The lowest BCUT2D eigenvalue weighted by Crippen LogP contribution is -2.19. The fourth-order valence-corrected chi connectivity index (χ4v) is 2.73. The highest BCUT2D eigenvalue weighted by atomic mass is 19.3. The van der Waals surface area contributed by atoms with Crippen molar-refractivity contribution in [2.24, 2.45) is 5.10 Å². The van der Waals surface area contributed by atoms with Crippen molar-refractivity contribution in [2.75, 3.05) is 6.61 Å². The minimum atomic E-state index is -3.02. The van der Waals surface area contributed by atoms with Gasteiger partial charge in [0.15, 0.2) is 11.5 Å². The maximum Gasteiger partial charge on any atom is 0.387 e. The second kappa shape index (κ2) is 9.50. The van der Waals surface area contributed by atoms with E-state index in [1.165, 1.54) is 18.3 Å². The van der Waals surface area contributed by atoms with E-state index in [2.05, 4.69) is 15.3 Å². The smallest absolute Gasteiger partial charge is 0.387 e. The molecule has 3 rings (SSSR count). The number of nitrogens with one attached hydrogen (secondary N) is 1. The highest BCUT2D eigenvalue weighted by Crippen LogP contribution is 2.31. The van der Waals surface area contributed by atoms with Gasteiger partial charge in [0, 0.05) is 18.0 Å². The molecule has 29 heavy (non-hydrogen) atoms. The highest BCUT2D eigenvalue weighted by Gasteiger charge is 2.15. The number of nitrogens with zero attached hydrogens (tertiary/aromatic N) is 2. The molecule has 0 aliphatic heterocycles. The standard InChI is InChI=1S/C21H19F2N3O3/c1-2-28-18-11-7-8-15(19(18)29-21(22)23)14-24-25-20(27)16-9-3-4-10-17(16)26-12-5-6-13-26/h3-14,21H,2H2,1H3,(H,25,27)/b24-14-. The number of hydrazone groups is 1. The molecular weight excluding hydrogens is 380 g/mol. The minimum absolute atomic E-state index is 0.143. The van der Waals surface area contributed by atoms with Gasteiger partial charge in [0.1, 0.15) is 0 Å². The molecule has 0 aliphatic carbocycles. The van der Waals surface area contributed by atoms with E-state index in [1.54, 1.807) is 35.8 Å². The third-order valence-electron chi connectivity index (χ3n) is 3.92. The van der Waals surface area contributed by atoms with E-state index in [4.69, 9.17) is 4.74 Å². The second-order valence-electron chi connectivity index (χ2n) is 5.79. The number of halogens is 2. The van der Waals surface area contributed by atoms with Crippen LogP contribution in [0.25, 0.3) is 5.69 Å². The van der Waals surface area contributed by atoms with Crippen LogP contribution in [0, 0.1) is 0 Å². The summed E-state index contributed by atoms with van der Waals surface area (Å²) in [5.41, 5.74) is 3.76. The van der Waals surface area contributed by atoms with Gasteiger partial charge in [-0.2, -0.15) is 13.9 Å². The molecule has 0 bridgehead atoms. The molecule has 0 saturated carbocycles. The number of alkyl halides is 2. The number of para-hydroxylation sites is 2. The average molecular weight is 399 g/mol. The Kier molecular flexibility index (Phi) is 6.57. The number of hydrogen-bond donors (Lipinski definition) is 1. The van der Waals surface area contributed by atoms with Gasteiger partial charge in [0.25, 0.3) is 5.91 Å². The van der Waals surface area contributed by atoms with Crippen LogP contribution in [0.4, 0.5) is 8.78 Å². The van der Waals surface area contributed by atoms with E-state index in [1.807, 2.05) is 30.6 Å². The summed E-state index contributed by atoms with van der Waals surface area (Å²) in [6.07, 6.45) is 4.88. The molecule has 1 N–H and O–H groups in total. The molecule has 0 aliphatic rings. The Morgan fingerprint density at radius 1 is 1.14 bits per heavy atom. The predicted molar refractivity (Wildman–Crippen MR) is 105 cm³/mol. The zero-order chi connectivity index (χ0) is 20.6. The molecule has 6 nitrogen and oxygen atoms in total. The summed E-state index contributed by atoms with van der Waals surface area (Å²) in [7, 11) is 0. The van der Waals surface area contributed by atoms with Gasteiger partial charge in [-0.1, -0.05) is 18.2 Å². The Bertz CT molecular complexity index is 989. The molecule has 0 atom stereocenters. The molecule has 150 valence electrons. The second-order valence-corrected chi connectivity index (χ2v) is 5.79. The van der Waals surface area contributed by atoms with E-state index in [9.17, 15) is 13.6 Å². The van der Waals surface area contributed by atoms with Gasteiger partial charge in [-0.25, -0.2) is 5.43 Å². The predicted octanol–water partition coefficient (Wildman–Crippen LogP) is 4.24. The largest absolute Gasteiger partial charge is 0.490 e. The lowest BCUT2D eigenvalue weighted by molar-refractivity contribution is -0.0515. The number of ether oxygens (including phenoxy) is 2. The van der Waals surface area contributed by atoms with Crippen LogP contribution >= 0.6 is 0 Å². The molecule has 0 saturated heterocycles. The van der Waals surface area contributed by atoms with Crippen molar-refractivity contribution in [2.45, 2.75) is 13.5 Å². The third kappa shape index (κ3) is 4.98. The quantitative estimate of drug-likeness (QED) is 0.455. The third-order valence-corrected chi connectivity index (χ3v) is 3.92. The number of carbonyl (C=O) groups excluding carboxylic acids is 1. The van der Waals surface area contributed by atoms with Crippen LogP contribution in [-0.2, 0) is 0 Å². The number of rotatable bonds is 8. The van der Waals surface area contributed by atoms with Crippen molar-refractivity contribution in [3.05, 3.63) is 78.1 Å². The van der Waals surface area contributed by atoms with Gasteiger partial charge in [-0.05, 0) is 43.3 Å². The molecule has 1 amide bonds. The van der Waals surface area contributed by atoms with Crippen LogP contribution < -0.4 is 14.9 Å². The van der Waals surface area contributed by atoms with Crippen LogP contribution in [0.5, 0.6) is 11.5 Å². The van der Waals surface area contributed by atoms with Crippen LogP contribution in [0.1, 0.15) is 22.8 Å². The summed E-state index contributed by atoms with van der Waals surface area (Å²) in [4.78, 5) is 12.6. The Hall–Kier alpha value is -3.68. The van der Waals surface area contributed by atoms with Crippen molar-refractivity contribution >= 4 is 12.1 Å².